The van der Waals surface area contributed by atoms with E-state index in [4.69, 9.17) is 11.6 Å². The van der Waals surface area contributed by atoms with Gasteiger partial charge in [-0.3, -0.25) is 0 Å². The molecule has 0 amide bonds. The zero-order valence-corrected chi connectivity index (χ0v) is 13.0. The van der Waals surface area contributed by atoms with Gasteiger partial charge in [0.15, 0.2) is 0 Å². The highest BCUT2D eigenvalue weighted by Crippen LogP contribution is 2.20. The molecule has 1 saturated heterocycles. The van der Waals surface area contributed by atoms with Crippen LogP contribution in [0.25, 0.3) is 0 Å². The van der Waals surface area contributed by atoms with Crippen LogP contribution in [0.2, 0.25) is 5.02 Å². The number of piperidine rings is 1. The van der Waals surface area contributed by atoms with Crippen molar-refractivity contribution in [2.75, 3.05) is 13.1 Å². The van der Waals surface area contributed by atoms with E-state index in [9.17, 15) is 8.42 Å². The van der Waals surface area contributed by atoms with Crippen LogP contribution in [-0.2, 0) is 10.0 Å². The van der Waals surface area contributed by atoms with Crippen molar-refractivity contribution in [3.05, 3.63) is 28.8 Å². The van der Waals surface area contributed by atoms with Gasteiger partial charge < -0.3 is 5.32 Å². The molecule has 1 aliphatic rings. The van der Waals surface area contributed by atoms with Crippen molar-refractivity contribution in [1.82, 2.24) is 10.0 Å². The molecule has 2 N–H and O–H groups in total. The third kappa shape index (κ3) is 4.33. The molecule has 0 atom stereocenters. The van der Waals surface area contributed by atoms with Gasteiger partial charge in [-0.25, -0.2) is 13.1 Å². The minimum atomic E-state index is -3.44. The fourth-order valence-electron chi connectivity index (χ4n) is 2.14. The average Bonchev–Trinajstić information content (AvgIpc) is 2.29. The van der Waals surface area contributed by atoms with E-state index in [-0.39, 0.29) is 18.4 Å². The van der Waals surface area contributed by atoms with E-state index < -0.39 is 10.0 Å². The Labute approximate surface area is 125 Å². The number of hydrogen-bond acceptors (Lipinski definition) is 3. The first-order valence-electron chi connectivity index (χ1n) is 5.98. The Bertz CT molecular complexity index is 529. The van der Waals surface area contributed by atoms with Gasteiger partial charge in [0.25, 0.3) is 0 Å². The SMILES string of the molecule is Cc1cc(Cl)ccc1S(=O)(=O)NC1CCNCC1.Cl. The maximum Gasteiger partial charge on any atom is 0.241 e. The summed E-state index contributed by atoms with van der Waals surface area (Å²) in [4.78, 5) is 0.311. The van der Waals surface area contributed by atoms with E-state index in [1.807, 2.05) is 0 Å². The molecule has 0 radical (unpaired) electrons. The number of aryl methyl sites for hydroxylation is 1. The van der Waals surface area contributed by atoms with Crippen molar-refractivity contribution in [1.29, 1.82) is 0 Å². The lowest BCUT2D eigenvalue weighted by Gasteiger charge is -2.23. The van der Waals surface area contributed by atoms with Crippen LogP contribution in [-0.4, -0.2) is 27.5 Å². The number of rotatable bonds is 3. The number of sulfonamides is 1. The van der Waals surface area contributed by atoms with Crippen LogP contribution in [0, 0.1) is 6.92 Å². The molecule has 4 nitrogen and oxygen atoms in total. The Balaban J connectivity index is 0.00000180. The second-order valence-electron chi connectivity index (χ2n) is 4.56. The van der Waals surface area contributed by atoms with E-state index >= 15 is 0 Å². The van der Waals surface area contributed by atoms with Gasteiger partial charge in [0, 0.05) is 11.1 Å². The summed E-state index contributed by atoms with van der Waals surface area (Å²) in [6, 6.07) is 4.84. The number of benzene rings is 1. The first-order valence-corrected chi connectivity index (χ1v) is 7.84. The Hall–Kier alpha value is -0.330. The van der Waals surface area contributed by atoms with E-state index in [0.29, 0.717) is 15.5 Å². The summed E-state index contributed by atoms with van der Waals surface area (Å²) >= 11 is 5.84. The summed E-state index contributed by atoms with van der Waals surface area (Å²) in [7, 11) is -3.44. The standard InChI is InChI=1S/C12H17ClN2O2S.ClH/c1-9-8-10(13)2-3-12(9)18(16,17)15-11-4-6-14-7-5-11;/h2-3,8,11,14-15H,4-7H2,1H3;1H. The molecule has 1 aromatic rings. The van der Waals surface area contributed by atoms with Crippen LogP contribution in [0.5, 0.6) is 0 Å². The van der Waals surface area contributed by atoms with Crippen molar-refractivity contribution in [3.8, 4) is 0 Å². The lowest BCUT2D eigenvalue weighted by atomic mass is 10.1. The Morgan fingerprint density at radius 2 is 1.95 bits per heavy atom. The van der Waals surface area contributed by atoms with E-state index in [1.165, 1.54) is 0 Å². The summed E-state index contributed by atoms with van der Waals surface area (Å²) in [5, 5.41) is 3.76. The topological polar surface area (TPSA) is 58.2 Å². The molecule has 19 heavy (non-hydrogen) atoms. The normalized spacial score (nSPS) is 16.9. The van der Waals surface area contributed by atoms with Crippen LogP contribution in [0.3, 0.4) is 0 Å². The summed E-state index contributed by atoms with van der Waals surface area (Å²) in [5.74, 6) is 0. The van der Waals surface area contributed by atoms with Gasteiger partial charge in [-0.2, -0.15) is 0 Å². The molecule has 0 saturated carbocycles. The molecular weight excluding hydrogens is 307 g/mol. The van der Waals surface area contributed by atoms with Gasteiger partial charge in [-0.1, -0.05) is 11.6 Å². The highest BCUT2D eigenvalue weighted by Gasteiger charge is 2.22. The van der Waals surface area contributed by atoms with Crippen LogP contribution >= 0.6 is 24.0 Å². The fraction of sp³-hybridized carbons (Fsp3) is 0.500. The summed E-state index contributed by atoms with van der Waals surface area (Å²) in [5.41, 5.74) is 0.670. The molecule has 0 spiro atoms. The molecule has 2 rings (SSSR count). The molecule has 0 aromatic heterocycles. The highest BCUT2D eigenvalue weighted by atomic mass is 35.5. The molecule has 1 aromatic carbocycles. The smallest absolute Gasteiger partial charge is 0.241 e. The second-order valence-corrected chi connectivity index (χ2v) is 6.67. The molecule has 0 bridgehead atoms. The van der Waals surface area contributed by atoms with Gasteiger partial charge >= 0.3 is 0 Å². The van der Waals surface area contributed by atoms with E-state index in [1.54, 1.807) is 25.1 Å². The predicted octanol–water partition coefficient (Wildman–Crippen LogP) is 2.10. The summed E-state index contributed by atoms with van der Waals surface area (Å²) in [6.45, 7) is 3.46. The van der Waals surface area contributed by atoms with Gasteiger partial charge in [0.05, 0.1) is 4.90 Å². The van der Waals surface area contributed by atoms with Crippen LogP contribution in [0.15, 0.2) is 23.1 Å². The van der Waals surface area contributed by atoms with Crippen LogP contribution in [0.1, 0.15) is 18.4 Å². The van der Waals surface area contributed by atoms with Crippen molar-refractivity contribution in [2.24, 2.45) is 0 Å². The monoisotopic (exact) mass is 324 g/mol. The highest BCUT2D eigenvalue weighted by molar-refractivity contribution is 7.89. The summed E-state index contributed by atoms with van der Waals surface area (Å²) in [6.07, 6.45) is 1.65. The van der Waals surface area contributed by atoms with Gasteiger partial charge in [0.1, 0.15) is 0 Å². The first kappa shape index (κ1) is 16.7. The third-order valence-electron chi connectivity index (χ3n) is 3.09. The number of hydrogen-bond donors (Lipinski definition) is 2. The van der Waals surface area contributed by atoms with Crippen molar-refractivity contribution < 1.29 is 8.42 Å². The number of halogens is 2. The molecule has 0 aliphatic carbocycles. The largest absolute Gasteiger partial charge is 0.317 e. The Morgan fingerprint density at radius 1 is 1.32 bits per heavy atom. The zero-order valence-electron chi connectivity index (χ0n) is 10.6. The van der Waals surface area contributed by atoms with Gasteiger partial charge in [0.2, 0.25) is 10.0 Å². The van der Waals surface area contributed by atoms with Crippen molar-refractivity contribution in [2.45, 2.75) is 30.7 Å². The van der Waals surface area contributed by atoms with Crippen molar-refractivity contribution in [3.63, 3.8) is 0 Å². The van der Waals surface area contributed by atoms with Gasteiger partial charge in [-0.05, 0) is 56.6 Å². The third-order valence-corrected chi connectivity index (χ3v) is 5.00. The quantitative estimate of drug-likeness (QED) is 0.895. The van der Waals surface area contributed by atoms with E-state index in [0.717, 1.165) is 25.9 Å². The average molecular weight is 325 g/mol. The minimum Gasteiger partial charge on any atom is -0.317 e. The maximum atomic E-state index is 12.3. The molecular formula is C12H18Cl2N2O2S. The summed E-state index contributed by atoms with van der Waals surface area (Å²) < 4.78 is 27.3. The predicted molar refractivity (Wildman–Crippen MR) is 79.7 cm³/mol. The van der Waals surface area contributed by atoms with E-state index in [2.05, 4.69) is 10.0 Å². The lowest BCUT2D eigenvalue weighted by molar-refractivity contribution is 0.427. The second kappa shape index (κ2) is 6.90. The zero-order chi connectivity index (χ0) is 13.2. The molecule has 0 unspecified atom stereocenters. The maximum absolute atomic E-state index is 12.3. The molecule has 1 fully saturated rings. The van der Waals surface area contributed by atoms with Gasteiger partial charge in [-0.15, -0.1) is 12.4 Å². The first-order chi connectivity index (χ1) is 8.49. The molecule has 1 aliphatic heterocycles. The van der Waals surface area contributed by atoms with Crippen LogP contribution < -0.4 is 10.0 Å². The molecule has 7 heteroatoms. The minimum absolute atomic E-state index is 0. The fourth-order valence-corrected chi connectivity index (χ4v) is 3.90. The Kier molecular flexibility index (Phi) is 6.08. The Morgan fingerprint density at radius 3 is 2.53 bits per heavy atom. The molecule has 1 heterocycles. The van der Waals surface area contributed by atoms with Crippen molar-refractivity contribution >= 4 is 34.0 Å². The van der Waals surface area contributed by atoms with Crippen LogP contribution in [0.4, 0.5) is 0 Å². The molecule has 108 valence electrons. The number of nitrogens with one attached hydrogen (secondary N) is 2. The lowest BCUT2D eigenvalue weighted by Crippen LogP contribution is -2.42.